The van der Waals surface area contributed by atoms with Crippen LogP contribution in [0.3, 0.4) is 0 Å². The molecule has 8 nitrogen and oxygen atoms in total. The van der Waals surface area contributed by atoms with E-state index in [1.807, 2.05) is 20.0 Å². The number of nitrogens with zero attached hydrogens (tertiary/aromatic N) is 4. The van der Waals surface area contributed by atoms with E-state index in [-0.39, 0.29) is 5.97 Å². The number of anilines is 1. The van der Waals surface area contributed by atoms with Gasteiger partial charge in [0.2, 0.25) is 5.95 Å². The van der Waals surface area contributed by atoms with E-state index >= 15 is 0 Å². The lowest BCUT2D eigenvalue weighted by Crippen LogP contribution is -2.29. The summed E-state index contributed by atoms with van der Waals surface area (Å²) < 4.78 is 12.6. The van der Waals surface area contributed by atoms with Gasteiger partial charge in [0.15, 0.2) is 5.82 Å². The molecule has 0 atom stereocenters. The first-order valence-electron chi connectivity index (χ1n) is 11.9. The second-order valence-corrected chi connectivity index (χ2v) is 8.25. The minimum Gasteiger partial charge on any atom is -0.494 e. The summed E-state index contributed by atoms with van der Waals surface area (Å²) in [5.74, 6) is 2.24. The van der Waals surface area contributed by atoms with Crippen molar-refractivity contribution in [2.24, 2.45) is 7.05 Å². The topological polar surface area (TPSA) is 81.5 Å². The number of nitrogens with one attached hydrogen (secondary N) is 1. The highest BCUT2D eigenvalue weighted by atomic mass is 16.5. The highest BCUT2D eigenvalue weighted by molar-refractivity contribution is 5.69. The normalized spacial score (nSPS) is 14.3. The van der Waals surface area contributed by atoms with Crippen molar-refractivity contribution in [2.75, 3.05) is 38.2 Å². The number of benzene rings is 1. The molecule has 1 aromatic heterocycles. The number of ether oxygens (including phenoxy) is 2. The number of carbonyl (C=O) groups excluding carboxylic acids is 1. The fraction of sp³-hybridized carbons (Fsp3) is 0.625. The molecular formula is C24H37N5O3. The molecule has 0 bridgehead atoms. The first kappa shape index (κ1) is 24.0. The van der Waals surface area contributed by atoms with Gasteiger partial charge in [-0.05, 0) is 63.4 Å². The molecule has 1 N–H and O–H groups in total. The Labute approximate surface area is 191 Å². The van der Waals surface area contributed by atoms with Crippen LogP contribution in [0.15, 0.2) is 24.3 Å². The summed E-state index contributed by atoms with van der Waals surface area (Å²) >= 11 is 0. The van der Waals surface area contributed by atoms with Crippen LogP contribution in [0.4, 0.5) is 5.95 Å². The van der Waals surface area contributed by atoms with Crippen LogP contribution in [0.5, 0.6) is 5.75 Å². The van der Waals surface area contributed by atoms with Crippen molar-refractivity contribution >= 4 is 11.9 Å². The van der Waals surface area contributed by atoms with E-state index < -0.39 is 0 Å². The van der Waals surface area contributed by atoms with Gasteiger partial charge in [0.25, 0.3) is 0 Å². The van der Waals surface area contributed by atoms with Crippen LogP contribution in [0.25, 0.3) is 0 Å². The van der Waals surface area contributed by atoms with Gasteiger partial charge in [-0.25, -0.2) is 4.68 Å². The summed E-state index contributed by atoms with van der Waals surface area (Å²) in [4.78, 5) is 18.5. The van der Waals surface area contributed by atoms with Gasteiger partial charge < -0.3 is 14.8 Å². The highest BCUT2D eigenvalue weighted by Crippen LogP contribution is 2.18. The Hall–Kier alpha value is -2.61. The second-order valence-electron chi connectivity index (χ2n) is 8.25. The lowest BCUT2D eigenvalue weighted by atomic mass is 10.1. The predicted molar refractivity (Wildman–Crippen MR) is 125 cm³/mol. The number of likely N-dealkylation sites (tertiary alicyclic amines) is 1. The van der Waals surface area contributed by atoms with E-state index in [2.05, 4.69) is 38.5 Å². The number of carbonyl (C=O) groups is 1. The molecule has 2 aromatic rings. The number of aryl methyl sites for hydroxylation is 2. The molecule has 1 aromatic carbocycles. The van der Waals surface area contributed by atoms with Gasteiger partial charge in [0.1, 0.15) is 5.75 Å². The van der Waals surface area contributed by atoms with Crippen LogP contribution in [0.2, 0.25) is 0 Å². The lowest BCUT2D eigenvalue weighted by molar-refractivity contribution is -0.143. The van der Waals surface area contributed by atoms with E-state index in [4.69, 9.17) is 9.47 Å². The zero-order valence-electron chi connectivity index (χ0n) is 19.5. The van der Waals surface area contributed by atoms with Crippen LogP contribution >= 0.6 is 0 Å². The Morgan fingerprint density at radius 3 is 2.84 bits per heavy atom. The molecule has 8 heteroatoms. The quantitative estimate of drug-likeness (QED) is 0.374. The molecular weight excluding hydrogens is 406 g/mol. The van der Waals surface area contributed by atoms with Crippen LogP contribution in [-0.4, -0.2) is 58.5 Å². The summed E-state index contributed by atoms with van der Waals surface area (Å²) in [6.07, 6.45) is 6.58. The molecule has 0 radical (unpaired) electrons. The summed E-state index contributed by atoms with van der Waals surface area (Å²) in [5.41, 5.74) is 1.32. The Kier molecular flexibility index (Phi) is 9.81. The van der Waals surface area contributed by atoms with E-state index in [1.165, 1.54) is 37.9 Å². The molecule has 1 saturated heterocycles. The largest absolute Gasteiger partial charge is 0.494 e. The maximum absolute atomic E-state index is 11.4. The SMILES string of the molecule is CCOC(=O)CCCc1nc(NCCCOc2cccc(CN3CCCCC3)c2)n(C)n1. The van der Waals surface area contributed by atoms with E-state index in [9.17, 15) is 4.79 Å². The van der Waals surface area contributed by atoms with Gasteiger partial charge in [-0.3, -0.25) is 9.69 Å². The van der Waals surface area contributed by atoms with Crippen LogP contribution in [0.1, 0.15) is 56.8 Å². The van der Waals surface area contributed by atoms with Crippen molar-refractivity contribution in [1.29, 1.82) is 0 Å². The van der Waals surface area contributed by atoms with Crippen molar-refractivity contribution in [3.8, 4) is 5.75 Å². The average Bonchev–Trinajstić information content (AvgIpc) is 3.14. The number of aromatic nitrogens is 3. The van der Waals surface area contributed by atoms with Gasteiger partial charge in [0.05, 0.1) is 13.2 Å². The fourth-order valence-corrected chi connectivity index (χ4v) is 3.89. The molecule has 1 fully saturated rings. The van der Waals surface area contributed by atoms with Gasteiger partial charge in [0, 0.05) is 33.0 Å². The van der Waals surface area contributed by atoms with Crippen molar-refractivity contribution in [2.45, 2.75) is 58.4 Å². The van der Waals surface area contributed by atoms with Crippen molar-refractivity contribution in [3.05, 3.63) is 35.7 Å². The van der Waals surface area contributed by atoms with Gasteiger partial charge in [-0.2, -0.15) is 10.1 Å². The van der Waals surface area contributed by atoms with Crippen LogP contribution in [-0.2, 0) is 29.5 Å². The predicted octanol–water partition coefficient (Wildman–Crippen LogP) is 3.57. The fourth-order valence-electron chi connectivity index (χ4n) is 3.89. The Morgan fingerprint density at radius 1 is 1.19 bits per heavy atom. The molecule has 3 rings (SSSR count). The third kappa shape index (κ3) is 8.15. The average molecular weight is 444 g/mol. The van der Waals surface area contributed by atoms with Crippen molar-refractivity contribution in [3.63, 3.8) is 0 Å². The minimum atomic E-state index is -0.168. The molecule has 32 heavy (non-hydrogen) atoms. The smallest absolute Gasteiger partial charge is 0.305 e. The molecule has 1 aliphatic heterocycles. The molecule has 2 heterocycles. The molecule has 0 spiro atoms. The third-order valence-corrected chi connectivity index (χ3v) is 5.52. The maximum atomic E-state index is 11.4. The minimum absolute atomic E-state index is 0.168. The molecule has 176 valence electrons. The lowest BCUT2D eigenvalue weighted by Gasteiger charge is -2.26. The number of rotatable bonds is 13. The number of esters is 1. The highest BCUT2D eigenvalue weighted by Gasteiger charge is 2.11. The summed E-state index contributed by atoms with van der Waals surface area (Å²) in [5, 5.41) is 7.73. The van der Waals surface area contributed by atoms with E-state index in [0.29, 0.717) is 32.5 Å². The van der Waals surface area contributed by atoms with E-state index in [0.717, 1.165) is 37.0 Å². The second kappa shape index (κ2) is 13.1. The van der Waals surface area contributed by atoms with Crippen LogP contribution < -0.4 is 10.1 Å². The molecule has 0 amide bonds. The summed E-state index contributed by atoms with van der Waals surface area (Å²) in [6.45, 7) is 7.04. The van der Waals surface area contributed by atoms with Crippen molar-refractivity contribution in [1.82, 2.24) is 19.7 Å². The Balaban J connectivity index is 1.33. The molecule has 0 saturated carbocycles. The standard InChI is InChI=1S/C24H37N5O3/c1-3-31-23(30)13-8-12-22-26-24(28(2)27-22)25-14-9-17-32-21-11-7-10-20(18-21)19-29-15-5-4-6-16-29/h7,10-11,18H,3-6,8-9,12-17,19H2,1-2H3,(H,25,26,27). The first-order valence-corrected chi connectivity index (χ1v) is 11.9. The maximum Gasteiger partial charge on any atom is 0.305 e. The molecule has 0 aliphatic carbocycles. The Morgan fingerprint density at radius 2 is 2.03 bits per heavy atom. The number of hydrogen-bond donors (Lipinski definition) is 1. The van der Waals surface area contributed by atoms with Gasteiger partial charge in [-0.15, -0.1) is 0 Å². The number of piperidine rings is 1. The monoisotopic (exact) mass is 443 g/mol. The zero-order chi connectivity index (χ0) is 22.6. The third-order valence-electron chi connectivity index (χ3n) is 5.52. The van der Waals surface area contributed by atoms with Gasteiger partial charge in [-0.1, -0.05) is 18.6 Å². The zero-order valence-corrected chi connectivity index (χ0v) is 19.5. The van der Waals surface area contributed by atoms with Gasteiger partial charge >= 0.3 is 5.97 Å². The summed E-state index contributed by atoms with van der Waals surface area (Å²) in [7, 11) is 1.87. The molecule has 0 unspecified atom stereocenters. The van der Waals surface area contributed by atoms with E-state index in [1.54, 1.807) is 4.68 Å². The van der Waals surface area contributed by atoms with Crippen LogP contribution in [0, 0.1) is 0 Å². The number of hydrogen-bond acceptors (Lipinski definition) is 7. The molecule has 1 aliphatic rings. The first-order chi connectivity index (χ1) is 15.6. The summed E-state index contributed by atoms with van der Waals surface area (Å²) in [6, 6.07) is 8.45. The Bertz CT molecular complexity index is 833. The van der Waals surface area contributed by atoms with Crippen molar-refractivity contribution < 1.29 is 14.3 Å².